The summed E-state index contributed by atoms with van der Waals surface area (Å²) in [6, 6.07) is 0. The van der Waals surface area contributed by atoms with Crippen LogP contribution in [0.4, 0.5) is 0 Å². The smallest absolute Gasteiger partial charge is 0.192 e. The molecule has 0 radical (unpaired) electrons. The fourth-order valence-electron chi connectivity index (χ4n) is 0.544. The topological polar surface area (TPSA) is 29.5 Å². The van der Waals surface area contributed by atoms with Crippen LogP contribution < -0.4 is 0 Å². The number of carbonyl (C=O) groups excluding carboxylic acids is 1. The summed E-state index contributed by atoms with van der Waals surface area (Å²) in [7, 11) is 5.17. The van der Waals surface area contributed by atoms with E-state index < -0.39 is 0 Å². The van der Waals surface area contributed by atoms with Gasteiger partial charge < -0.3 is 9.64 Å². The molecule has 0 aliphatic rings. The molecule has 3 heteroatoms. The van der Waals surface area contributed by atoms with Crippen molar-refractivity contribution in [1.82, 2.24) is 4.90 Å². The van der Waals surface area contributed by atoms with E-state index >= 15 is 0 Å². The molecule has 0 aliphatic carbocycles. The summed E-state index contributed by atoms with van der Waals surface area (Å²) in [5.74, 6) is 0.568. The summed E-state index contributed by atoms with van der Waals surface area (Å²) in [5.41, 5.74) is 0. The van der Waals surface area contributed by atoms with Gasteiger partial charge in [-0.3, -0.25) is 4.79 Å². The van der Waals surface area contributed by atoms with Crippen LogP contribution >= 0.6 is 0 Å². The van der Waals surface area contributed by atoms with Crippen molar-refractivity contribution in [2.75, 3.05) is 21.2 Å². The molecule has 0 rings (SSSR count). The van der Waals surface area contributed by atoms with Gasteiger partial charge in [0.15, 0.2) is 11.7 Å². The van der Waals surface area contributed by atoms with Crippen molar-refractivity contribution in [2.24, 2.45) is 0 Å². The van der Waals surface area contributed by atoms with Crippen LogP contribution in [-0.2, 0) is 9.53 Å². The third-order valence-corrected chi connectivity index (χ3v) is 0.977. The lowest BCUT2D eigenvalue weighted by molar-refractivity contribution is -0.112. The van der Waals surface area contributed by atoms with E-state index in [-0.39, 0.29) is 5.78 Å². The number of ketones is 1. The highest BCUT2D eigenvalue weighted by Crippen LogP contribution is 1.97. The molecule has 0 atom stereocenters. The second kappa shape index (κ2) is 3.93. The Balaban J connectivity index is 4.18. The van der Waals surface area contributed by atoms with Gasteiger partial charge in [0.2, 0.25) is 0 Å². The van der Waals surface area contributed by atoms with Gasteiger partial charge in [-0.1, -0.05) is 0 Å². The molecule has 0 saturated heterocycles. The first kappa shape index (κ1) is 9.01. The van der Waals surface area contributed by atoms with Crippen LogP contribution in [0, 0.1) is 0 Å². The first-order chi connectivity index (χ1) is 4.57. The second-order valence-electron chi connectivity index (χ2n) is 2.19. The Morgan fingerprint density at radius 3 is 2.10 bits per heavy atom. The van der Waals surface area contributed by atoms with Gasteiger partial charge >= 0.3 is 0 Å². The van der Waals surface area contributed by atoms with E-state index in [1.807, 2.05) is 14.1 Å². The third-order valence-electron chi connectivity index (χ3n) is 0.977. The molecule has 0 saturated carbocycles. The number of ether oxygens (including phenoxy) is 1. The molecule has 3 nitrogen and oxygen atoms in total. The SMILES string of the molecule is CO/C(=C\C(C)=O)N(C)C. The molecule has 0 spiro atoms. The molecule has 58 valence electrons. The van der Waals surface area contributed by atoms with E-state index in [1.54, 1.807) is 4.90 Å². The van der Waals surface area contributed by atoms with Crippen LogP contribution in [0.15, 0.2) is 12.0 Å². The Morgan fingerprint density at radius 2 is 2.00 bits per heavy atom. The molecular formula is C7H13NO2. The minimum absolute atomic E-state index is 0.00875. The lowest BCUT2D eigenvalue weighted by Gasteiger charge is -2.14. The fraction of sp³-hybridized carbons (Fsp3) is 0.571. The van der Waals surface area contributed by atoms with E-state index in [9.17, 15) is 4.79 Å². The molecule has 0 N–H and O–H groups in total. The van der Waals surface area contributed by atoms with Gasteiger partial charge in [0, 0.05) is 20.2 Å². The Kier molecular flexibility index (Phi) is 3.54. The zero-order chi connectivity index (χ0) is 8.15. The van der Waals surface area contributed by atoms with E-state index in [1.165, 1.54) is 20.1 Å². The summed E-state index contributed by atoms with van der Waals surface area (Å²) in [6.45, 7) is 1.49. The molecular weight excluding hydrogens is 130 g/mol. The highest BCUT2D eigenvalue weighted by Gasteiger charge is 1.98. The molecule has 0 aromatic rings. The average molecular weight is 143 g/mol. The molecule has 0 bridgehead atoms. The van der Waals surface area contributed by atoms with Crippen molar-refractivity contribution in [3.8, 4) is 0 Å². The number of hydrogen-bond acceptors (Lipinski definition) is 3. The summed E-state index contributed by atoms with van der Waals surface area (Å²) >= 11 is 0. The van der Waals surface area contributed by atoms with Gasteiger partial charge in [-0.2, -0.15) is 0 Å². The van der Waals surface area contributed by atoms with Gasteiger partial charge in [0.05, 0.1) is 7.11 Å². The van der Waals surface area contributed by atoms with Crippen LogP contribution in [0.25, 0.3) is 0 Å². The van der Waals surface area contributed by atoms with Crippen LogP contribution in [0.5, 0.6) is 0 Å². The Labute approximate surface area is 61.3 Å². The first-order valence-electron chi connectivity index (χ1n) is 3.01. The van der Waals surface area contributed by atoms with E-state index in [4.69, 9.17) is 4.74 Å². The maximum Gasteiger partial charge on any atom is 0.192 e. The summed E-state index contributed by atoms with van der Waals surface area (Å²) in [5, 5.41) is 0. The first-order valence-corrected chi connectivity index (χ1v) is 3.01. The second-order valence-corrected chi connectivity index (χ2v) is 2.19. The van der Waals surface area contributed by atoms with Crippen molar-refractivity contribution >= 4 is 5.78 Å². The summed E-state index contributed by atoms with van der Waals surface area (Å²) in [6.07, 6.45) is 1.44. The van der Waals surface area contributed by atoms with Crippen LogP contribution in [-0.4, -0.2) is 31.9 Å². The molecule has 0 aliphatic heterocycles. The average Bonchev–Trinajstić information content (AvgIpc) is 1.81. The number of nitrogens with zero attached hydrogens (tertiary/aromatic N) is 1. The lowest BCUT2D eigenvalue weighted by atomic mass is 10.4. The van der Waals surface area contributed by atoms with E-state index in [0.717, 1.165) is 0 Å². The number of rotatable bonds is 3. The van der Waals surface area contributed by atoms with Gasteiger partial charge in [0.25, 0.3) is 0 Å². The molecule has 0 unspecified atom stereocenters. The van der Waals surface area contributed by atoms with Gasteiger partial charge in [-0.05, 0) is 6.92 Å². The van der Waals surface area contributed by atoms with Gasteiger partial charge in [-0.15, -0.1) is 0 Å². The molecule has 0 aromatic carbocycles. The lowest BCUT2D eigenvalue weighted by Crippen LogP contribution is -2.13. The quantitative estimate of drug-likeness (QED) is 0.428. The van der Waals surface area contributed by atoms with Crippen molar-refractivity contribution < 1.29 is 9.53 Å². The van der Waals surface area contributed by atoms with Crippen LogP contribution in [0.2, 0.25) is 0 Å². The van der Waals surface area contributed by atoms with Crippen molar-refractivity contribution in [3.05, 3.63) is 12.0 Å². The minimum Gasteiger partial charge on any atom is -0.482 e. The Morgan fingerprint density at radius 1 is 1.50 bits per heavy atom. The van der Waals surface area contributed by atoms with Crippen molar-refractivity contribution in [3.63, 3.8) is 0 Å². The van der Waals surface area contributed by atoms with Crippen molar-refractivity contribution in [1.29, 1.82) is 0 Å². The zero-order valence-corrected chi connectivity index (χ0v) is 6.84. The predicted octanol–water partition coefficient (Wildman–Crippen LogP) is 0.625. The number of allylic oxidation sites excluding steroid dienone is 1. The highest BCUT2D eigenvalue weighted by molar-refractivity contribution is 5.87. The molecule has 0 fully saturated rings. The predicted molar refractivity (Wildman–Crippen MR) is 39.5 cm³/mol. The maximum absolute atomic E-state index is 10.5. The maximum atomic E-state index is 10.5. The number of hydrogen-bond donors (Lipinski definition) is 0. The molecule has 0 amide bonds. The minimum atomic E-state index is -0.00875. The molecule has 10 heavy (non-hydrogen) atoms. The Hall–Kier alpha value is -0.990. The standard InChI is InChI=1S/C7H13NO2/c1-6(9)5-7(10-4)8(2)3/h5H,1-4H3/b7-5-. The summed E-state index contributed by atoms with van der Waals surface area (Å²) in [4.78, 5) is 12.3. The van der Waals surface area contributed by atoms with Crippen LogP contribution in [0.1, 0.15) is 6.92 Å². The van der Waals surface area contributed by atoms with E-state index in [0.29, 0.717) is 5.88 Å². The van der Waals surface area contributed by atoms with Gasteiger partial charge in [0.1, 0.15) is 0 Å². The zero-order valence-electron chi connectivity index (χ0n) is 6.84. The Bertz CT molecular complexity index is 150. The fourth-order valence-corrected chi connectivity index (χ4v) is 0.544. The van der Waals surface area contributed by atoms with Gasteiger partial charge in [-0.25, -0.2) is 0 Å². The highest BCUT2D eigenvalue weighted by atomic mass is 16.5. The summed E-state index contributed by atoms with van der Waals surface area (Å²) < 4.78 is 4.89. The molecule has 0 aromatic heterocycles. The van der Waals surface area contributed by atoms with Crippen LogP contribution in [0.3, 0.4) is 0 Å². The third kappa shape index (κ3) is 3.12. The monoisotopic (exact) mass is 143 g/mol. The number of methoxy groups -OCH3 is 1. The molecule has 0 heterocycles. The largest absolute Gasteiger partial charge is 0.482 e. The van der Waals surface area contributed by atoms with E-state index in [2.05, 4.69) is 0 Å². The number of carbonyl (C=O) groups is 1. The van der Waals surface area contributed by atoms with Crippen molar-refractivity contribution in [2.45, 2.75) is 6.92 Å². The normalized spacial score (nSPS) is 11.0.